The molecule has 0 saturated carbocycles. The Morgan fingerprint density at radius 1 is 1.40 bits per heavy atom. The molecular formula is C12H12N2O. The fourth-order valence-electron chi connectivity index (χ4n) is 1.63. The van der Waals surface area contributed by atoms with Gasteiger partial charge in [0.1, 0.15) is 0 Å². The number of hydrogen-bond acceptors (Lipinski definition) is 3. The molecule has 0 aliphatic carbocycles. The zero-order chi connectivity index (χ0) is 10.8. The lowest BCUT2D eigenvalue weighted by Gasteiger charge is -2.14. The van der Waals surface area contributed by atoms with Crippen LogP contribution >= 0.6 is 0 Å². The van der Waals surface area contributed by atoms with Crippen LogP contribution in [0.2, 0.25) is 0 Å². The number of hydrogen-bond donors (Lipinski definition) is 1. The second-order valence-corrected chi connectivity index (χ2v) is 3.57. The first-order chi connectivity index (χ1) is 7.18. The Kier molecular flexibility index (Phi) is 2.37. The summed E-state index contributed by atoms with van der Waals surface area (Å²) in [6.07, 6.45) is 3.47. The number of rotatable bonds is 1. The van der Waals surface area contributed by atoms with Crippen molar-refractivity contribution in [2.24, 2.45) is 4.99 Å². The van der Waals surface area contributed by atoms with Gasteiger partial charge < -0.3 is 5.73 Å². The largest absolute Gasteiger partial charge is 0.399 e. The summed E-state index contributed by atoms with van der Waals surface area (Å²) in [5.41, 5.74) is 7.82. The summed E-state index contributed by atoms with van der Waals surface area (Å²) in [6, 6.07) is 7.39. The molecule has 1 aromatic carbocycles. The number of nitrogens with zero attached hydrogens (tertiary/aromatic N) is 1. The average Bonchev–Trinajstić information content (AvgIpc) is 2.22. The molecule has 0 bridgehead atoms. The molecule has 0 aromatic heterocycles. The number of Topliss-reactive ketones (excluding diaryl/α,β-unsaturated/α-hetero) is 1. The van der Waals surface area contributed by atoms with Gasteiger partial charge in [-0.1, -0.05) is 18.2 Å². The monoisotopic (exact) mass is 200 g/mol. The molecular weight excluding hydrogens is 188 g/mol. The Labute approximate surface area is 88.3 Å². The molecule has 1 heterocycles. The Balaban J connectivity index is 2.37. The fourth-order valence-corrected chi connectivity index (χ4v) is 1.63. The average molecular weight is 200 g/mol. The lowest BCUT2D eigenvalue weighted by molar-refractivity contribution is -0.113. The predicted molar refractivity (Wildman–Crippen MR) is 60.9 cm³/mol. The zero-order valence-electron chi connectivity index (χ0n) is 8.47. The molecule has 1 aromatic rings. The summed E-state index contributed by atoms with van der Waals surface area (Å²) in [6.45, 7) is 1.73. The molecule has 2 N–H and O–H groups in total. The third-order valence-corrected chi connectivity index (χ3v) is 2.46. The summed E-state index contributed by atoms with van der Waals surface area (Å²) >= 11 is 0. The van der Waals surface area contributed by atoms with E-state index in [2.05, 4.69) is 4.99 Å². The molecule has 2 rings (SSSR count). The number of benzene rings is 1. The molecule has 1 atom stereocenters. The maximum absolute atomic E-state index is 11.8. The maximum atomic E-state index is 11.8. The van der Waals surface area contributed by atoms with Crippen LogP contribution in [0.4, 0.5) is 5.69 Å². The molecule has 0 saturated heterocycles. The minimum absolute atomic E-state index is 0.0445. The standard InChI is InChI=1S/C12H12N2O/c1-8-12(15)11(5-6-14-8)9-3-2-4-10(13)7-9/h2-7,11H,13H2,1H3. The quantitative estimate of drug-likeness (QED) is 0.704. The van der Waals surface area contributed by atoms with Crippen LogP contribution in [0, 0.1) is 0 Å². The van der Waals surface area contributed by atoms with E-state index in [1.807, 2.05) is 24.3 Å². The SMILES string of the molecule is CC1=NC=CC(c2cccc(N)c2)C1=O. The van der Waals surface area contributed by atoms with E-state index in [1.54, 1.807) is 19.2 Å². The number of nitrogens with two attached hydrogens (primary N) is 1. The van der Waals surface area contributed by atoms with Gasteiger partial charge in [0.25, 0.3) is 0 Å². The van der Waals surface area contributed by atoms with Gasteiger partial charge in [0.2, 0.25) is 0 Å². The van der Waals surface area contributed by atoms with Crippen LogP contribution in [0.1, 0.15) is 18.4 Å². The normalized spacial score (nSPS) is 20.2. The van der Waals surface area contributed by atoms with Crippen molar-refractivity contribution in [1.29, 1.82) is 0 Å². The smallest absolute Gasteiger partial charge is 0.187 e. The van der Waals surface area contributed by atoms with Crippen molar-refractivity contribution in [2.45, 2.75) is 12.8 Å². The number of ketones is 1. The van der Waals surface area contributed by atoms with Gasteiger partial charge in [-0.05, 0) is 24.6 Å². The molecule has 1 aliphatic rings. The van der Waals surface area contributed by atoms with E-state index < -0.39 is 0 Å². The second-order valence-electron chi connectivity index (χ2n) is 3.57. The fraction of sp³-hybridized carbons (Fsp3) is 0.167. The zero-order valence-corrected chi connectivity index (χ0v) is 8.47. The molecule has 3 heteroatoms. The minimum Gasteiger partial charge on any atom is -0.399 e. The highest BCUT2D eigenvalue weighted by atomic mass is 16.1. The number of nitrogen functional groups attached to an aromatic ring is 1. The third kappa shape index (κ3) is 1.81. The first-order valence-electron chi connectivity index (χ1n) is 4.79. The van der Waals surface area contributed by atoms with Crippen LogP contribution < -0.4 is 5.73 Å². The predicted octanol–water partition coefficient (Wildman–Crippen LogP) is 1.91. The number of carbonyl (C=O) groups excluding carboxylic acids is 1. The second kappa shape index (κ2) is 3.69. The first-order valence-corrected chi connectivity index (χ1v) is 4.79. The molecule has 15 heavy (non-hydrogen) atoms. The van der Waals surface area contributed by atoms with Gasteiger partial charge in [-0.25, -0.2) is 0 Å². The van der Waals surface area contributed by atoms with Crippen LogP contribution in [-0.2, 0) is 4.79 Å². The van der Waals surface area contributed by atoms with Gasteiger partial charge in [0.05, 0.1) is 11.6 Å². The van der Waals surface area contributed by atoms with Gasteiger partial charge in [0, 0.05) is 11.9 Å². The summed E-state index contributed by atoms with van der Waals surface area (Å²) in [5.74, 6) is -0.186. The van der Waals surface area contributed by atoms with Gasteiger partial charge in [-0.15, -0.1) is 0 Å². The Morgan fingerprint density at radius 3 is 2.93 bits per heavy atom. The van der Waals surface area contributed by atoms with E-state index in [-0.39, 0.29) is 11.7 Å². The lowest BCUT2D eigenvalue weighted by atomic mass is 9.91. The number of anilines is 1. The Hall–Kier alpha value is -1.90. The molecule has 0 fully saturated rings. The van der Waals surface area contributed by atoms with Gasteiger partial charge >= 0.3 is 0 Å². The van der Waals surface area contributed by atoms with Crippen LogP contribution in [0.15, 0.2) is 41.5 Å². The van der Waals surface area contributed by atoms with Crippen molar-refractivity contribution in [3.05, 3.63) is 42.1 Å². The number of aliphatic imine (C=N–C) groups is 1. The summed E-state index contributed by atoms with van der Waals surface area (Å²) in [5, 5.41) is 0. The first kappa shape index (κ1) is 9.65. The van der Waals surface area contributed by atoms with Crippen molar-refractivity contribution in [1.82, 2.24) is 0 Å². The van der Waals surface area contributed by atoms with Gasteiger partial charge in [0.15, 0.2) is 5.78 Å². The molecule has 3 nitrogen and oxygen atoms in total. The van der Waals surface area contributed by atoms with Crippen LogP contribution in [0.3, 0.4) is 0 Å². The van der Waals surface area contributed by atoms with E-state index in [1.165, 1.54) is 0 Å². The van der Waals surface area contributed by atoms with E-state index in [9.17, 15) is 4.79 Å². The highest BCUT2D eigenvalue weighted by Crippen LogP contribution is 2.23. The van der Waals surface area contributed by atoms with E-state index in [0.717, 1.165) is 5.56 Å². The molecule has 0 radical (unpaired) electrons. The maximum Gasteiger partial charge on any atom is 0.187 e. The number of carbonyl (C=O) groups is 1. The van der Waals surface area contributed by atoms with Crippen molar-refractivity contribution in [2.75, 3.05) is 5.73 Å². The van der Waals surface area contributed by atoms with Crippen molar-refractivity contribution in [3.8, 4) is 0 Å². The van der Waals surface area contributed by atoms with Crippen molar-refractivity contribution >= 4 is 17.2 Å². The highest BCUT2D eigenvalue weighted by Gasteiger charge is 2.22. The van der Waals surface area contributed by atoms with E-state index >= 15 is 0 Å². The van der Waals surface area contributed by atoms with Crippen molar-refractivity contribution < 1.29 is 4.79 Å². The Bertz CT molecular complexity index is 460. The van der Waals surface area contributed by atoms with E-state index in [4.69, 9.17) is 5.73 Å². The topological polar surface area (TPSA) is 55.4 Å². The molecule has 0 spiro atoms. The summed E-state index contributed by atoms with van der Waals surface area (Å²) in [4.78, 5) is 15.8. The van der Waals surface area contributed by atoms with Gasteiger partial charge in [-0.3, -0.25) is 9.79 Å². The summed E-state index contributed by atoms with van der Waals surface area (Å²) < 4.78 is 0. The molecule has 1 aliphatic heterocycles. The molecule has 0 amide bonds. The Morgan fingerprint density at radius 2 is 2.20 bits per heavy atom. The van der Waals surface area contributed by atoms with Crippen LogP contribution in [0.25, 0.3) is 0 Å². The number of allylic oxidation sites excluding steroid dienone is 1. The third-order valence-electron chi connectivity index (χ3n) is 2.46. The summed E-state index contributed by atoms with van der Waals surface area (Å²) in [7, 11) is 0. The van der Waals surface area contributed by atoms with Gasteiger partial charge in [-0.2, -0.15) is 0 Å². The van der Waals surface area contributed by atoms with Crippen LogP contribution in [-0.4, -0.2) is 11.5 Å². The molecule has 1 unspecified atom stereocenters. The minimum atomic E-state index is -0.231. The van der Waals surface area contributed by atoms with Crippen LogP contribution in [0.5, 0.6) is 0 Å². The lowest BCUT2D eigenvalue weighted by Crippen LogP contribution is -2.20. The van der Waals surface area contributed by atoms with Crippen molar-refractivity contribution in [3.63, 3.8) is 0 Å². The van der Waals surface area contributed by atoms with E-state index in [0.29, 0.717) is 11.4 Å². The highest BCUT2D eigenvalue weighted by molar-refractivity contribution is 6.42. The molecule has 76 valence electrons.